The third-order valence-electron chi connectivity index (χ3n) is 4.21. The van der Waals surface area contributed by atoms with Crippen LogP contribution in [0.15, 0.2) is 24.3 Å². The van der Waals surface area contributed by atoms with Gasteiger partial charge in [0.1, 0.15) is 0 Å². The molecule has 0 bridgehead atoms. The van der Waals surface area contributed by atoms with E-state index in [1.807, 2.05) is 36.1 Å². The minimum absolute atomic E-state index is 0.177. The van der Waals surface area contributed by atoms with Crippen molar-refractivity contribution in [3.8, 4) is 0 Å². The molecule has 0 spiro atoms. The van der Waals surface area contributed by atoms with Crippen LogP contribution in [0.1, 0.15) is 35.2 Å². The first-order valence-corrected chi connectivity index (χ1v) is 7.99. The standard InChI is InChI=1S/C17H27N3O/c1-15-7-3-4-8-16(15)17(21)20-13-11-19(12-14-20)10-6-2-5-9-18/h3-4,7-8H,2,5-6,9-14,18H2,1H3. The second kappa shape index (κ2) is 8.15. The quantitative estimate of drug-likeness (QED) is 0.814. The normalized spacial score (nSPS) is 16.2. The highest BCUT2D eigenvalue weighted by molar-refractivity contribution is 5.95. The third kappa shape index (κ3) is 4.55. The summed E-state index contributed by atoms with van der Waals surface area (Å²) in [6.45, 7) is 7.57. The first-order chi connectivity index (χ1) is 10.2. The van der Waals surface area contributed by atoms with Gasteiger partial charge in [0.2, 0.25) is 0 Å². The Morgan fingerprint density at radius 1 is 1.10 bits per heavy atom. The van der Waals surface area contributed by atoms with Gasteiger partial charge in [0.25, 0.3) is 5.91 Å². The van der Waals surface area contributed by atoms with Crippen LogP contribution >= 0.6 is 0 Å². The average molecular weight is 289 g/mol. The first kappa shape index (κ1) is 16.0. The summed E-state index contributed by atoms with van der Waals surface area (Å²) in [5.41, 5.74) is 7.41. The van der Waals surface area contributed by atoms with Gasteiger partial charge in [0.15, 0.2) is 0 Å². The molecular formula is C17H27N3O. The summed E-state index contributed by atoms with van der Waals surface area (Å²) in [5, 5.41) is 0. The summed E-state index contributed by atoms with van der Waals surface area (Å²) < 4.78 is 0. The van der Waals surface area contributed by atoms with Gasteiger partial charge in [-0.05, 0) is 44.5 Å². The van der Waals surface area contributed by atoms with Crippen LogP contribution in [-0.2, 0) is 0 Å². The number of aryl methyl sites for hydroxylation is 1. The Bertz CT molecular complexity index is 453. The average Bonchev–Trinajstić information content (AvgIpc) is 2.52. The Balaban J connectivity index is 1.78. The van der Waals surface area contributed by atoms with Crippen molar-refractivity contribution < 1.29 is 4.79 Å². The molecule has 1 fully saturated rings. The molecule has 0 aliphatic carbocycles. The van der Waals surface area contributed by atoms with E-state index in [0.29, 0.717) is 0 Å². The number of rotatable bonds is 6. The van der Waals surface area contributed by atoms with Crippen LogP contribution in [0.5, 0.6) is 0 Å². The van der Waals surface area contributed by atoms with Gasteiger partial charge in [-0.3, -0.25) is 9.69 Å². The second-order valence-electron chi connectivity index (χ2n) is 5.80. The highest BCUT2D eigenvalue weighted by atomic mass is 16.2. The molecule has 1 aromatic carbocycles. The monoisotopic (exact) mass is 289 g/mol. The lowest BCUT2D eigenvalue weighted by Gasteiger charge is -2.35. The number of benzene rings is 1. The van der Waals surface area contributed by atoms with Gasteiger partial charge in [-0.1, -0.05) is 24.6 Å². The fourth-order valence-electron chi connectivity index (χ4n) is 2.81. The molecule has 0 aromatic heterocycles. The highest BCUT2D eigenvalue weighted by Gasteiger charge is 2.22. The number of carbonyl (C=O) groups is 1. The molecule has 1 saturated heterocycles. The van der Waals surface area contributed by atoms with Crippen molar-refractivity contribution >= 4 is 5.91 Å². The number of piperazine rings is 1. The van der Waals surface area contributed by atoms with E-state index in [2.05, 4.69) is 4.90 Å². The molecular weight excluding hydrogens is 262 g/mol. The molecule has 0 unspecified atom stereocenters. The maximum absolute atomic E-state index is 12.5. The lowest BCUT2D eigenvalue weighted by atomic mass is 10.1. The lowest BCUT2D eigenvalue weighted by Crippen LogP contribution is -2.48. The fraction of sp³-hybridized carbons (Fsp3) is 0.588. The van der Waals surface area contributed by atoms with Crippen molar-refractivity contribution in [1.82, 2.24) is 9.80 Å². The molecule has 21 heavy (non-hydrogen) atoms. The molecule has 1 heterocycles. The molecule has 1 amide bonds. The van der Waals surface area contributed by atoms with E-state index in [1.54, 1.807) is 0 Å². The van der Waals surface area contributed by atoms with Crippen molar-refractivity contribution in [2.45, 2.75) is 26.2 Å². The van der Waals surface area contributed by atoms with E-state index >= 15 is 0 Å². The van der Waals surface area contributed by atoms with Crippen LogP contribution in [-0.4, -0.2) is 55.0 Å². The molecule has 1 aromatic rings. The Hall–Kier alpha value is -1.39. The van der Waals surface area contributed by atoms with Crippen molar-refractivity contribution in [3.63, 3.8) is 0 Å². The predicted octanol–water partition coefficient (Wildman–Crippen LogP) is 1.88. The van der Waals surface area contributed by atoms with Gasteiger partial charge in [0, 0.05) is 31.7 Å². The number of unbranched alkanes of at least 4 members (excludes halogenated alkanes) is 2. The molecule has 2 rings (SSSR count). The Labute approximate surface area is 127 Å². The predicted molar refractivity (Wildman–Crippen MR) is 86.4 cm³/mol. The summed E-state index contributed by atoms with van der Waals surface area (Å²) in [4.78, 5) is 17.0. The molecule has 116 valence electrons. The van der Waals surface area contributed by atoms with Crippen LogP contribution in [0.3, 0.4) is 0 Å². The smallest absolute Gasteiger partial charge is 0.254 e. The number of nitrogens with two attached hydrogens (primary N) is 1. The van der Waals surface area contributed by atoms with E-state index < -0.39 is 0 Å². The Morgan fingerprint density at radius 2 is 1.81 bits per heavy atom. The van der Waals surface area contributed by atoms with E-state index in [4.69, 9.17) is 5.73 Å². The molecule has 1 aliphatic heterocycles. The lowest BCUT2D eigenvalue weighted by molar-refractivity contribution is 0.0634. The number of carbonyl (C=O) groups excluding carboxylic acids is 1. The largest absolute Gasteiger partial charge is 0.336 e. The molecule has 2 N–H and O–H groups in total. The molecule has 0 saturated carbocycles. The van der Waals surface area contributed by atoms with Crippen molar-refractivity contribution in [3.05, 3.63) is 35.4 Å². The van der Waals surface area contributed by atoms with Crippen LogP contribution in [0.25, 0.3) is 0 Å². The fourth-order valence-corrected chi connectivity index (χ4v) is 2.81. The first-order valence-electron chi connectivity index (χ1n) is 7.99. The van der Waals surface area contributed by atoms with Gasteiger partial charge >= 0.3 is 0 Å². The summed E-state index contributed by atoms with van der Waals surface area (Å²) in [6.07, 6.45) is 3.54. The zero-order chi connectivity index (χ0) is 15.1. The van der Waals surface area contributed by atoms with Gasteiger partial charge < -0.3 is 10.6 Å². The summed E-state index contributed by atoms with van der Waals surface area (Å²) >= 11 is 0. The van der Waals surface area contributed by atoms with E-state index in [-0.39, 0.29) is 5.91 Å². The summed E-state index contributed by atoms with van der Waals surface area (Å²) in [6, 6.07) is 7.84. The topological polar surface area (TPSA) is 49.6 Å². The Kier molecular flexibility index (Phi) is 6.21. The minimum Gasteiger partial charge on any atom is -0.336 e. The summed E-state index contributed by atoms with van der Waals surface area (Å²) in [5.74, 6) is 0.177. The van der Waals surface area contributed by atoms with Crippen molar-refractivity contribution in [2.75, 3.05) is 39.3 Å². The number of amides is 1. The number of hydrogen-bond donors (Lipinski definition) is 1. The number of hydrogen-bond acceptors (Lipinski definition) is 3. The Morgan fingerprint density at radius 3 is 2.48 bits per heavy atom. The molecule has 0 radical (unpaired) electrons. The van der Waals surface area contributed by atoms with E-state index in [0.717, 1.165) is 56.8 Å². The minimum atomic E-state index is 0.177. The maximum Gasteiger partial charge on any atom is 0.254 e. The second-order valence-corrected chi connectivity index (χ2v) is 5.80. The SMILES string of the molecule is Cc1ccccc1C(=O)N1CCN(CCCCCN)CC1. The summed E-state index contributed by atoms with van der Waals surface area (Å²) in [7, 11) is 0. The molecule has 4 nitrogen and oxygen atoms in total. The zero-order valence-electron chi connectivity index (χ0n) is 13.1. The highest BCUT2D eigenvalue weighted by Crippen LogP contribution is 2.13. The van der Waals surface area contributed by atoms with E-state index in [1.165, 1.54) is 12.8 Å². The van der Waals surface area contributed by atoms with Crippen LogP contribution in [0.4, 0.5) is 0 Å². The molecule has 1 aliphatic rings. The van der Waals surface area contributed by atoms with Gasteiger partial charge in [0.05, 0.1) is 0 Å². The molecule has 0 atom stereocenters. The number of nitrogens with zero attached hydrogens (tertiary/aromatic N) is 2. The third-order valence-corrected chi connectivity index (χ3v) is 4.21. The van der Waals surface area contributed by atoms with Gasteiger partial charge in [-0.25, -0.2) is 0 Å². The van der Waals surface area contributed by atoms with E-state index in [9.17, 15) is 4.79 Å². The van der Waals surface area contributed by atoms with Crippen LogP contribution in [0.2, 0.25) is 0 Å². The van der Waals surface area contributed by atoms with Gasteiger partial charge in [-0.15, -0.1) is 0 Å². The van der Waals surface area contributed by atoms with Crippen molar-refractivity contribution in [2.24, 2.45) is 5.73 Å². The maximum atomic E-state index is 12.5. The van der Waals surface area contributed by atoms with Crippen molar-refractivity contribution in [1.29, 1.82) is 0 Å². The molecule has 4 heteroatoms. The van der Waals surface area contributed by atoms with Crippen LogP contribution in [0, 0.1) is 6.92 Å². The van der Waals surface area contributed by atoms with Gasteiger partial charge in [-0.2, -0.15) is 0 Å². The van der Waals surface area contributed by atoms with Crippen LogP contribution < -0.4 is 5.73 Å². The zero-order valence-corrected chi connectivity index (χ0v) is 13.1.